The van der Waals surface area contributed by atoms with E-state index >= 15 is 0 Å². The summed E-state index contributed by atoms with van der Waals surface area (Å²) in [5.41, 5.74) is 3.59. The molecule has 0 fully saturated rings. The molecular formula is C14H19ClN2O. The van der Waals surface area contributed by atoms with Gasteiger partial charge in [0.2, 0.25) is 5.91 Å². The number of hydrogen-bond donors (Lipinski definition) is 1. The van der Waals surface area contributed by atoms with Gasteiger partial charge in [0, 0.05) is 31.6 Å². The Hall–Kier alpha value is -1.06. The molecule has 3 nitrogen and oxygen atoms in total. The molecule has 1 aliphatic heterocycles. The van der Waals surface area contributed by atoms with Gasteiger partial charge >= 0.3 is 0 Å². The maximum absolute atomic E-state index is 11.6. The molecule has 0 saturated heterocycles. The van der Waals surface area contributed by atoms with E-state index in [4.69, 9.17) is 11.6 Å². The monoisotopic (exact) mass is 266 g/mol. The number of amides is 1. The highest BCUT2D eigenvalue weighted by Crippen LogP contribution is 2.27. The Labute approximate surface area is 113 Å². The first kappa shape index (κ1) is 13.4. The van der Waals surface area contributed by atoms with Gasteiger partial charge in [-0.1, -0.05) is 12.1 Å². The van der Waals surface area contributed by atoms with E-state index < -0.39 is 0 Å². The number of hydrogen-bond acceptors (Lipinski definition) is 2. The third kappa shape index (κ3) is 3.03. The summed E-state index contributed by atoms with van der Waals surface area (Å²) >= 11 is 5.63. The fraction of sp³-hybridized carbons (Fsp3) is 0.500. The van der Waals surface area contributed by atoms with Crippen LogP contribution in [0.4, 0.5) is 5.69 Å². The topological polar surface area (TPSA) is 32.3 Å². The molecule has 0 unspecified atom stereocenters. The van der Waals surface area contributed by atoms with Gasteiger partial charge in [-0.2, -0.15) is 0 Å². The molecule has 1 aliphatic rings. The van der Waals surface area contributed by atoms with E-state index in [0.29, 0.717) is 12.3 Å². The van der Waals surface area contributed by atoms with Crippen molar-refractivity contribution in [2.45, 2.75) is 25.8 Å². The van der Waals surface area contributed by atoms with Gasteiger partial charge < -0.3 is 10.2 Å². The lowest BCUT2D eigenvalue weighted by atomic mass is 9.99. The largest absolute Gasteiger partial charge is 0.315 e. The molecule has 0 spiro atoms. The van der Waals surface area contributed by atoms with Crippen molar-refractivity contribution in [2.24, 2.45) is 0 Å². The summed E-state index contributed by atoms with van der Waals surface area (Å²) in [6, 6.07) is 6.33. The van der Waals surface area contributed by atoms with Crippen molar-refractivity contribution in [3.63, 3.8) is 0 Å². The Bertz CT molecular complexity index is 434. The van der Waals surface area contributed by atoms with Gasteiger partial charge in [-0.25, -0.2) is 0 Å². The number of fused-ring (bicyclic) bond motifs is 1. The Morgan fingerprint density at radius 1 is 1.39 bits per heavy atom. The molecule has 4 heteroatoms. The van der Waals surface area contributed by atoms with E-state index in [1.807, 2.05) is 13.1 Å². The minimum absolute atomic E-state index is 0.204. The fourth-order valence-corrected chi connectivity index (χ4v) is 2.38. The Morgan fingerprint density at radius 3 is 3.00 bits per heavy atom. The van der Waals surface area contributed by atoms with E-state index in [1.54, 1.807) is 4.90 Å². The van der Waals surface area contributed by atoms with Gasteiger partial charge in [-0.15, -0.1) is 11.6 Å². The molecule has 1 amide bonds. The van der Waals surface area contributed by atoms with Crippen LogP contribution in [0.15, 0.2) is 18.2 Å². The Kier molecular flexibility index (Phi) is 4.61. The molecule has 0 aromatic heterocycles. The van der Waals surface area contributed by atoms with Crippen molar-refractivity contribution in [1.82, 2.24) is 5.32 Å². The van der Waals surface area contributed by atoms with Crippen LogP contribution in [0, 0.1) is 0 Å². The normalized spacial score (nSPS) is 14.8. The summed E-state index contributed by atoms with van der Waals surface area (Å²) in [5, 5.41) is 3.36. The standard InChI is InChI=1S/C14H19ClN2O/c1-17-13-5-3-11(10-16-8-2-7-15)9-12(13)4-6-14(17)18/h3,5,9,16H,2,4,6-8,10H2,1H3. The molecule has 98 valence electrons. The number of nitrogens with one attached hydrogen (secondary N) is 1. The van der Waals surface area contributed by atoms with Crippen LogP contribution in [0.5, 0.6) is 0 Å². The van der Waals surface area contributed by atoms with Gasteiger partial charge in [0.1, 0.15) is 0 Å². The molecule has 0 saturated carbocycles. The quantitative estimate of drug-likeness (QED) is 0.655. The maximum atomic E-state index is 11.6. The first-order valence-corrected chi connectivity index (χ1v) is 6.91. The van der Waals surface area contributed by atoms with E-state index in [-0.39, 0.29) is 5.91 Å². The predicted octanol–water partition coefficient (Wildman–Crippen LogP) is 2.31. The highest BCUT2D eigenvalue weighted by Gasteiger charge is 2.20. The zero-order valence-electron chi connectivity index (χ0n) is 10.7. The van der Waals surface area contributed by atoms with Crippen LogP contribution in [-0.4, -0.2) is 25.4 Å². The third-order valence-corrected chi connectivity index (χ3v) is 3.57. The van der Waals surface area contributed by atoms with Crippen LogP contribution in [0.25, 0.3) is 0 Å². The van der Waals surface area contributed by atoms with Crippen molar-refractivity contribution in [3.05, 3.63) is 29.3 Å². The highest BCUT2D eigenvalue weighted by atomic mass is 35.5. The van der Waals surface area contributed by atoms with Crippen LogP contribution in [0.3, 0.4) is 0 Å². The maximum Gasteiger partial charge on any atom is 0.227 e. The highest BCUT2D eigenvalue weighted by molar-refractivity contribution is 6.17. The van der Waals surface area contributed by atoms with Crippen molar-refractivity contribution >= 4 is 23.2 Å². The van der Waals surface area contributed by atoms with Crippen molar-refractivity contribution in [3.8, 4) is 0 Å². The average molecular weight is 267 g/mol. The van der Waals surface area contributed by atoms with Crippen LogP contribution in [-0.2, 0) is 17.8 Å². The van der Waals surface area contributed by atoms with Gasteiger partial charge in [-0.3, -0.25) is 4.79 Å². The number of nitrogens with zero attached hydrogens (tertiary/aromatic N) is 1. The van der Waals surface area contributed by atoms with Crippen LogP contribution >= 0.6 is 11.6 Å². The molecule has 0 atom stereocenters. The van der Waals surface area contributed by atoms with Crippen LogP contribution in [0.1, 0.15) is 24.0 Å². The summed E-state index contributed by atoms with van der Waals surface area (Å²) in [5.74, 6) is 0.903. The second-order valence-electron chi connectivity index (χ2n) is 4.64. The van der Waals surface area contributed by atoms with Gasteiger partial charge in [-0.05, 0) is 36.6 Å². The Morgan fingerprint density at radius 2 is 2.22 bits per heavy atom. The van der Waals surface area contributed by atoms with E-state index in [1.165, 1.54) is 11.1 Å². The lowest BCUT2D eigenvalue weighted by Gasteiger charge is -2.26. The molecule has 1 heterocycles. The average Bonchev–Trinajstić information content (AvgIpc) is 2.39. The smallest absolute Gasteiger partial charge is 0.227 e. The van der Waals surface area contributed by atoms with Gasteiger partial charge in [0.05, 0.1) is 0 Å². The molecule has 0 bridgehead atoms. The molecule has 1 aromatic carbocycles. The number of carbonyl (C=O) groups is 1. The molecule has 18 heavy (non-hydrogen) atoms. The Balaban J connectivity index is 2.01. The van der Waals surface area contributed by atoms with Crippen LogP contribution < -0.4 is 10.2 Å². The molecule has 1 N–H and O–H groups in total. The summed E-state index contributed by atoms with van der Waals surface area (Å²) in [4.78, 5) is 13.3. The molecule has 0 radical (unpaired) electrons. The van der Waals surface area contributed by atoms with Gasteiger partial charge in [0.25, 0.3) is 0 Å². The minimum atomic E-state index is 0.204. The number of carbonyl (C=O) groups excluding carboxylic acids is 1. The molecule has 2 rings (SSSR count). The summed E-state index contributed by atoms with van der Waals surface area (Å²) in [6.07, 6.45) is 2.46. The summed E-state index contributed by atoms with van der Waals surface area (Å²) < 4.78 is 0. The van der Waals surface area contributed by atoms with Crippen molar-refractivity contribution < 1.29 is 4.79 Å². The number of rotatable bonds is 5. The summed E-state index contributed by atoms with van der Waals surface area (Å²) in [7, 11) is 1.85. The lowest BCUT2D eigenvalue weighted by Crippen LogP contribution is -2.31. The predicted molar refractivity (Wildman–Crippen MR) is 75.2 cm³/mol. The number of benzene rings is 1. The van der Waals surface area contributed by atoms with Crippen molar-refractivity contribution in [2.75, 3.05) is 24.4 Å². The molecule has 0 aliphatic carbocycles. The second-order valence-corrected chi connectivity index (χ2v) is 5.01. The van der Waals surface area contributed by atoms with E-state index in [0.717, 1.165) is 31.6 Å². The zero-order valence-corrected chi connectivity index (χ0v) is 11.5. The molecular weight excluding hydrogens is 248 g/mol. The van der Waals surface area contributed by atoms with Gasteiger partial charge in [0.15, 0.2) is 0 Å². The van der Waals surface area contributed by atoms with E-state index in [9.17, 15) is 4.79 Å². The fourth-order valence-electron chi connectivity index (χ4n) is 2.24. The first-order valence-electron chi connectivity index (χ1n) is 6.37. The van der Waals surface area contributed by atoms with Crippen molar-refractivity contribution in [1.29, 1.82) is 0 Å². The lowest BCUT2D eigenvalue weighted by molar-refractivity contribution is -0.118. The third-order valence-electron chi connectivity index (χ3n) is 3.30. The van der Waals surface area contributed by atoms with Crippen LogP contribution in [0.2, 0.25) is 0 Å². The molecule has 1 aromatic rings. The number of anilines is 1. The SMILES string of the molecule is CN1C(=O)CCc2cc(CNCCCCl)ccc21. The number of aryl methyl sites for hydroxylation is 1. The zero-order chi connectivity index (χ0) is 13.0. The minimum Gasteiger partial charge on any atom is -0.315 e. The number of alkyl halides is 1. The second kappa shape index (κ2) is 6.21. The summed E-state index contributed by atoms with van der Waals surface area (Å²) in [6.45, 7) is 1.81. The number of halogens is 1. The van der Waals surface area contributed by atoms with E-state index in [2.05, 4.69) is 17.4 Å². The first-order chi connectivity index (χ1) is 8.72.